The molecule has 0 spiro atoms. The van der Waals surface area contributed by atoms with E-state index in [4.69, 9.17) is 28.5 Å². The number of rotatable bonds is 4. The maximum Gasteiger partial charge on any atom is 0.323 e. The number of H-pyrrole nitrogens is 2. The quantitative estimate of drug-likeness (QED) is 0.363. The van der Waals surface area contributed by atoms with Crippen LogP contribution >= 0.6 is 23.2 Å². The number of aromatic amines is 2. The average Bonchev–Trinajstić information content (AvgIpc) is 3.57. The standard InChI is InChI=1S/C24H14Cl2N8O/c25-17-7-13(11-27)1-2-14(17)12-33-21(5-6-28-33)15-8-18(26)23-22(9-15)34(32-31-23)16-3-4-19-20(10-16)30-24(35)29-19/h1-10H,12H2,(H2,29,30,35). The molecule has 0 aliphatic heterocycles. The molecule has 0 atom stereocenters. The van der Waals surface area contributed by atoms with Crippen LogP contribution in [-0.4, -0.2) is 34.7 Å². The van der Waals surface area contributed by atoms with Crippen LogP contribution in [0.2, 0.25) is 10.0 Å². The van der Waals surface area contributed by atoms with Crippen molar-refractivity contribution in [3.05, 3.63) is 92.5 Å². The molecule has 9 nitrogen and oxygen atoms in total. The van der Waals surface area contributed by atoms with Crippen molar-refractivity contribution in [3.63, 3.8) is 0 Å². The van der Waals surface area contributed by atoms with E-state index in [1.165, 1.54) is 0 Å². The van der Waals surface area contributed by atoms with E-state index in [0.29, 0.717) is 44.2 Å². The molecule has 0 radical (unpaired) electrons. The number of nitrogens with zero attached hydrogens (tertiary/aromatic N) is 6. The summed E-state index contributed by atoms with van der Waals surface area (Å²) in [5.74, 6) is 0. The van der Waals surface area contributed by atoms with Gasteiger partial charge in [-0.15, -0.1) is 5.10 Å². The highest BCUT2D eigenvalue weighted by atomic mass is 35.5. The molecule has 0 unspecified atom stereocenters. The first-order valence-electron chi connectivity index (χ1n) is 10.5. The molecule has 6 rings (SSSR count). The van der Waals surface area contributed by atoms with Gasteiger partial charge in [0.05, 0.1) is 51.1 Å². The van der Waals surface area contributed by atoms with Gasteiger partial charge in [-0.05, 0) is 54.1 Å². The molecule has 3 aromatic carbocycles. The summed E-state index contributed by atoms with van der Waals surface area (Å²) in [6.45, 7) is 0.414. The fraction of sp³-hybridized carbons (Fsp3) is 0.0417. The van der Waals surface area contributed by atoms with Crippen LogP contribution < -0.4 is 5.69 Å². The lowest BCUT2D eigenvalue weighted by Gasteiger charge is -2.11. The second-order valence-electron chi connectivity index (χ2n) is 7.93. The third-order valence-corrected chi connectivity index (χ3v) is 6.40. The van der Waals surface area contributed by atoms with Crippen molar-refractivity contribution in [1.29, 1.82) is 5.26 Å². The van der Waals surface area contributed by atoms with Crippen LogP contribution in [0.25, 0.3) is 39.0 Å². The van der Waals surface area contributed by atoms with Gasteiger partial charge < -0.3 is 9.97 Å². The molecule has 0 fully saturated rings. The summed E-state index contributed by atoms with van der Waals surface area (Å²) >= 11 is 13.0. The number of benzene rings is 3. The van der Waals surface area contributed by atoms with Crippen molar-refractivity contribution in [3.8, 4) is 23.0 Å². The van der Waals surface area contributed by atoms with Gasteiger partial charge in [-0.2, -0.15) is 10.4 Å². The average molecular weight is 501 g/mol. The fourth-order valence-corrected chi connectivity index (χ4v) is 4.58. The first-order chi connectivity index (χ1) is 17.0. The Labute approximate surface area is 207 Å². The highest BCUT2D eigenvalue weighted by Gasteiger charge is 2.16. The summed E-state index contributed by atoms with van der Waals surface area (Å²) in [5, 5.41) is 23.0. The van der Waals surface area contributed by atoms with E-state index < -0.39 is 0 Å². The van der Waals surface area contributed by atoms with E-state index in [1.807, 2.05) is 41.1 Å². The third-order valence-electron chi connectivity index (χ3n) is 5.76. The normalized spacial score (nSPS) is 11.3. The number of imidazole rings is 1. The molecular weight excluding hydrogens is 487 g/mol. The van der Waals surface area contributed by atoms with Crippen LogP contribution in [0.4, 0.5) is 0 Å². The molecule has 170 valence electrons. The van der Waals surface area contributed by atoms with Gasteiger partial charge in [-0.3, -0.25) is 4.68 Å². The SMILES string of the molecule is N#Cc1ccc(Cn2nccc2-c2cc(Cl)c3nnn(-c4ccc5[nH]c(=O)[nH]c5c4)c3c2)c(Cl)c1. The lowest BCUT2D eigenvalue weighted by atomic mass is 10.1. The molecule has 0 saturated carbocycles. The Morgan fingerprint density at radius 2 is 1.83 bits per heavy atom. The molecule has 3 heterocycles. The molecule has 0 aliphatic carbocycles. The number of hydrogen-bond acceptors (Lipinski definition) is 5. The second kappa shape index (κ2) is 8.13. The van der Waals surface area contributed by atoms with Crippen LogP contribution in [0.15, 0.2) is 65.6 Å². The van der Waals surface area contributed by atoms with Crippen molar-refractivity contribution in [1.82, 2.24) is 34.7 Å². The predicted molar refractivity (Wildman–Crippen MR) is 133 cm³/mol. The molecule has 0 saturated heterocycles. The largest absolute Gasteiger partial charge is 0.323 e. The number of hydrogen-bond donors (Lipinski definition) is 2. The van der Waals surface area contributed by atoms with E-state index in [9.17, 15) is 4.79 Å². The lowest BCUT2D eigenvalue weighted by Crippen LogP contribution is -2.04. The third kappa shape index (κ3) is 3.65. The summed E-state index contributed by atoms with van der Waals surface area (Å²) in [6.07, 6.45) is 1.71. The van der Waals surface area contributed by atoms with Gasteiger partial charge >= 0.3 is 5.69 Å². The Morgan fingerprint density at radius 3 is 2.66 bits per heavy atom. The Balaban J connectivity index is 1.44. The smallest absolute Gasteiger partial charge is 0.306 e. The zero-order valence-corrected chi connectivity index (χ0v) is 19.3. The maximum absolute atomic E-state index is 11.6. The van der Waals surface area contributed by atoms with Crippen molar-refractivity contribution < 1.29 is 0 Å². The Morgan fingerprint density at radius 1 is 0.971 bits per heavy atom. The lowest BCUT2D eigenvalue weighted by molar-refractivity contribution is 0.694. The Hall–Kier alpha value is -4.39. The van der Waals surface area contributed by atoms with Crippen molar-refractivity contribution in [2.45, 2.75) is 6.54 Å². The first-order valence-corrected chi connectivity index (χ1v) is 11.2. The topological polar surface area (TPSA) is 121 Å². The van der Waals surface area contributed by atoms with Crippen LogP contribution in [-0.2, 0) is 6.54 Å². The molecule has 2 N–H and O–H groups in total. The van der Waals surface area contributed by atoms with Gasteiger partial charge in [0.25, 0.3) is 0 Å². The number of fused-ring (bicyclic) bond motifs is 2. The van der Waals surface area contributed by atoms with Crippen molar-refractivity contribution in [2.24, 2.45) is 0 Å². The van der Waals surface area contributed by atoms with Gasteiger partial charge in [0, 0.05) is 16.8 Å². The first kappa shape index (κ1) is 21.2. The molecule has 3 aromatic heterocycles. The number of nitrogens with one attached hydrogen (secondary N) is 2. The van der Waals surface area contributed by atoms with Crippen LogP contribution in [0.3, 0.4) is 0 Å². The number of aromatic nitrogens is 7. The zero-order chi connectivity index (χ0) is 24.1. The molecule has 0 aliphatic rings. The monoisotopic (exact) mass is 500 g/mol. The van der Waals surface area contributed by atoms with Crippen LogP contribution in [0.5, 0.6) is 0 Å². The summed E-state index contributed by atoms with van der Waals surface area (Å²) in [4.78, 5) is 17.1. The van der Waals surface area contributed by atoms with Gasteiger partial charge in [0.1, 0.15) is 5.52 Å². The van der Waals surface area contributed by atoms with Crippen LogP contribution in [0.1, 0.15) is 11.1 Å². The van der Waals surface area contributed by atoms with Gasteiger partial charge in [-0.1, -0.05) is 34.5 Å². The highest BCUT2D eigenvalue weighted by molar-refractivity contribution is 6.35. The molecule has 0 amide bonds. The highest BCUT2D eigenvalue weighted by Crippen LogP contribution is 2.31. The Bertz CT molecular complexity index is 1850. The number of halogens is 2. The van der Waals surface area contributed by atoms with Gasteiger partial charge in [0.2, 0.25) is 0 Å². The predicted octanol–water partition coefficient (Wildman–Crippen LogP) is 4.68. The summed E-state index contributed by atoms with van der Waals surface area (Å²) in [5.41, 5.74) is 6.05. The van der Waals surface area contributed by atoms with E-state index >= 15 is 0 Å². The fourth-order valence-electron chi connectivity index (χ4n) is 4.08. The maximum atomic E-state index is 11.6. The molecule has 11 heteroatoms. The second-order valence-corrected chi connectivity index (χ2v) is 8.74. The van der Waals surface area contributed by atoms with Crippen LogP contribution in [0, 0.1) is 11.3 Å². The van der Waals surface area contributed by atoms with E-state index in [2.05, 4.69) is 31.4 Å². The summed E-state index contributed by atoms with van der Waals surface area (Å²) in [7, 11) is 0. The minimum absolute atomic E-state index is 0.276. The Kier molecular flexibility index (Phi) is 4.91. The molecule has 6 aromatic rings. The molecule has 35 heavy (non-hydrogen) atoms. The summed E-state index contributed by atoms with van der Waals surface area (Å²) in [6, 6.07) is 18.4. The number of nitriles is 1. The van der Waals surface area contributed by atoms with Gasteiger partial charge in [-0.25, -0.2) is 9.48 Å². The minimum atomic E-state index is -0.276. The van der Waals surface area contributed by atoms with Crippen molar-refractivity contribution in [2.75, 3.05) is 0 Å². The molecule has 0 bridgehead atoms. The van der Waals surface area contributed by atoms with E-state index in [1.54, 1.807) is 29.1 Å². The minimum Gasteiger partial charge on any atom is -0.306 e. The van der Waals surface area contributed by atoms with E-state index in [0.717, 1.165) is 22.5 Å². The molecular formula is C24H14Cl2N8O. The van der Waals surface area contributed by atoms with E-state index in [-0.39, 0.29) is 5.69 Å². The van der Waals surface area contributed by atoms with Gasteiger partial charge in [0.15, 0.2) is 0 Å². The summed E-state index contributed by atoms with van der Waals surface area (Å²) < 4.78 is 3.49. The zero-order valence-electron chi connectivity index (χ0n) is 17.8. The van der Waals surface area contributed by atoms with Crippen molar-refractivity contribution >= 4 is 45.3 Å².